The van der Waals surface area contributed by atoms with Crippen molar-refractivity contribution in [2.75, 3.05) is 0 Å². The maximum atomic E-state index is 12.1. The van der Waals surface area contributed by atoms with Crippen LogP contribution in [-0.4, -0.2) is 15.6 Å². The number of fused-ring (bicyclic) bond motifs is 5. The van der Waals surface area contributed by atoms with E-state index in [1.807, 2.05) is 6.08 Å². The number of hydrogen-bond donors (Lipinski definition) is 0. The maximum Gasteiger partial charge on any atom is 0.155 e. The van der Waals surface area contributed by atoms with Gasteiger partial charge in [0, 0.05) is 18.5 Å². The Morgan fingerprint density at radius 3 is 2.61 bits per heavy atom. The average molecular weight is 415 g/mol. The Labute approximate surface area is 185 Å². The summed E-state index contributed by atoms with van der Waals surface area (Å²) in [5.41, 5.74) is 4.54. The lowest BCUT2D eigenvalue weighted by atomic mass is 9.47. The second-order valence-electron chi connectivity index (χ2n) is 11.2. The molecule has 0 unspecified atom stereocenters. The van der Waals surface area contributed by atoms with E-state index in [2.05, 4.69) is 61.1 Å². The van der Waals surface area contributed by atoms with Gasteiger partial charge in [0.1, 0.15) is 0 Å². The topological polar surface area (TPSA) is 34.9 Å². The molecule has 0 spiro atoms. The van der Waals surface area contributed by atoms with Crippen LogP contribution in [0.25, 0.3) is 5.69 Å². The molecule has 0 aliphatic heterocycles. The number of rotatable bonds is 2. The van der Waals surface area contributed by atoms with Crippen molar-refractivity contribution in [2.45, 2.75) is 71.1 Å². The molecule has 3 fully saturated rings. The Hall–Kier alpha value is -2.16. The van der Waals surface area contributed by atoms with Crippen molar-refractivity contribution in [3.63, 3.8) is 0 Å². The van der Waals surface area contributed by atoms with E-state index in [-0.39, 0.29) is 5.41 Å². The fourth-order valence-corrected chi connectivity index (χ4v) is 8.29. The minimum atomic E-state index is 0.269. The molecule has 162 valence electrons. The molecule has 1 aromatic carbocycles. The van der Waals surface area contributed by atoms with Gasteiger partial charge in [0.2, 0.25) is 0 Å². The zero-order valence-corrected chi connectivity index (χ0v) is 18.9. The third-order valence-corrected chi connectivity index (χ3v) is 9.95. The third-order valence-electron chi connectivity index (χ3n) is 9.95. The quantitative estimate of drug-likeness (QED) is 0.563. The number of aromatic nitrogens is 2. The highest BCUT2D eigenvalue weighted by atomic mass is 16.1. The predicted octanol–water partition coefficient (Wildman–Crippen LogP) is 6.49. The van der Waals surface area contributed by atoms with Crippen LogP contribution < -0.4 is 0 Å². The van der Waals surface area contributed by atoms with E-state index in [0.29, 0.717) is 17.1 Å². The van der Waals surface area contributed by atoms with E-state index in [1.54, 1.807) is 0 Å². The number of allylic oxidation sites excluding steroid dienone is 1. The molecule has 1 heterocycles. The van der Waals surface area contributed by atoms with Gasteiger partial charge in [-0.3, -0.25) is 4.79 Å². The van der Waals surface area contributed by atoms with Gasteiger partial charge in [-0.05, 0) is 97.8 Å². The molecule has 3 heteroatoms. The summed E-state index contributed by atoms with van der Waals surface area (Å²) in [6.07, 6.45) is 13.7. The van der Waals surface area contributed by atoms with Crippen LogP contribution in [0.3, 0.4) is 0 Å². The van der Waals surface area contributed by atoms with Gasteiger partial charge < -0.3 is 0 Å². The molecule has 0 bridgehead atoms. The highest BCUT2D eigenvalue weighted by Crippen LogP contribution is 2.68. The van der Waals surface area contributed by atoms with Gasteiger partial charge in [-0.1, -0.05) is 37.6 Å². The number of para-hydroxylation sites is 1. The lowest BCUT2D eigenvalue weighted by Crippen LogP contribution is -2.50. The molecule has 3 saturated carbocycles. The van der Waals surface area contributed by atoms with Crippen molar-refractivity contribution in [1.29, 1.82) is 0 Å². The number of benzene rings is 1. The molecule has 0 amide bonds. The van der Waals surface area contributed by atoms with Crippen LogP contribution in [0, 0.1) is 28.6 Å². The standard InChI is InChI=1S/C28H34N2O/c1-27-15-12-21(31)18-19(27)8-9-22-23-10-11-25(28(23,2)16-13-24(22)27)26-14-17-30(29-26)20-6-4-3-5-7-20/h3-7,14,17-18,22-25H,8-13,15-16H2,1-2H3/t22-,23-,24-,25+,27-,28-/m0/s1. The molecule has 4 aliphatic rings. The first kappa shape index (κ1) is 19.5. The van der Waals surface area contributed by atoms with E-state index in [9.17, 15) is 4.79 Å². The van der Waals surface area contributed by atoms with Crippen molar-refractivity contribution in [1.82, 2.24) is 9.78 Å². The predicted molar refractivity (Wildman–Crippen MR) is 123 cm³/mol. The first-order valence-corrected chi connectivity index (χ1v) is 12.3. The zero-order valence-electron chi connectivity index (χ0n) is 18.9. The summed E-state index contributed by atoms with van der Waals surface area (Å²) in [5.74, 6) is 3.31. The lowest BCUT2D eigenvalue weighted by molar-refractivity contribution is -0.117. The summed E-state index contributed by atoms with van der Waals surface area (Å²) in [5, 5.41) is 5.06. The number of nitrogens with zero attached hydrogens (tertiary/aromatic N) is 2. The molecule has 3 nitrogen and oxygen atoms in total. The Morgan fingerprint density at radius 2 is 1.77 bits per heavy atom. The number of carbonyl (C=O) groups is 1. The Kier molecular flexibility index (Phi) is 4.36. The van der Waals surface area contributed by atoms with Gasteiger partial charge >= 0.3 is 0 Å². The first-order valence-electron chi connectivity index (χ1n) is 12.3. The molecular weight excluding hydrogens is 380 g/mol. The maximum absolute atomic E-state index is 12.1. The van der Waals surface area contributed by atoms with Crippen molar-refractivity contribution in [3.8, 4) is 5.69 Å². The largest absolute Gasteiger partial charge is 0.295 e. The minimum absolute atomic E-state index is 0.269. The van der Waals surface area contributed by atoms with Gasteiger partial charge in [-0.25, -0.2) is 4.68 Å². The highest BCUT2D eigenvalue weighted by molar-refractivity contribution is 5.91. The van der Waals surface area contributed by atoms with Gasteiger partial charge in [0.25, 0.3) is 0 Å². The molecule has 2 aromatic rings. The van der Waals surface area contributed by atoms with E-state index in [0.717, 1.165) is 42.7 Å². The number of ketones is 1. The monoisotopic (exact) mass is 414 g/mol. The lowest BCUT2D eigenvalue weighted by Gasteiger charge is -2.58. The summed E-state index contributed by atoms with van der Waals surface area (Å²) in [4.78, 5) is 12.1. The van der Waals surface area contributed by atoms with E-state index in [4.69, 9.17) is 5.10 Å². The molecular formula is C28H34N2O. The van der Waals surface area contributed by atoms with Crippen molar-refractivity contribution in [3.05, 3.63) is 59.9 Å². The van der Waals surface area contributed by atoms with Gasteiger partial charge in [0.05, 0.1) is 11.4 Å². The van der Waals surface area contributed by atoms with Gasteiger partial charge in [-0.2, -0.15) is 5.10 Å². The highest BCUT2D eigenvalue weighted by Gasteiger charge is 2.59. The van der Waals surface area contributed by atoms with Crippen LogP contribution in [0.15, 0.2) is 54.2 Å². The molecule has 1 aromatic heterocycles. The van der Waals surface area contributed by atoms with Gasteiger partial charge in [-0.15, -0.1) is 0 Å². The van der Waals surface area contributed by atoms with Crippen LogP contribution in [0.1, 0.15) is 76.8 Å². The fourth-order valence-electron chi connectivity index (χ4n) is 8.29. The van der Waals surface area contributed by atoms with Crippen LogP contribution in [0.4, 0.5) is 0 Å². The Bertz CT molecular complexity index is 1040. The second-order valence-corrected chi connectivity index (χ2v) is 11.2. The average Bonchev–Trinajstić information content (AvgIpc) is 3.39. The summed E-state index contributed by atoms with van der Waals surface area (Å²) in [7, 11) is 0. The van der Waals surface area contributed by atoms with E-state index >= 15 is 0 Å². The van der Waals surface area contributed by atoms with Crippen molar-refractivity contribution < 1.29 is 4.79 Å². The zero-order chi connectivity index (χ0) is 21.2. The van der Waals surface area contributed by atoms with Crippen LogP contribution in [-0.2, 0) is 4.79 Å². The third kappa shape index (κ3) is 2.84. The normalized spacial score (nSPS) is 39.4. The van der Waals surface area contributed by atoms with E-state index < -0.39 is 0 Å². The molecule has 6 rings (SSSR count). The molecule has 31 heavy (non-hydrogen) atoms. The summed E-state index contributed by atoms with van der Waals surface area (Å²) < 4.78 is 2.05. The van der Waals surface area contributed by atoms with Crippen LogP contribution in [0.2, 0.25) is 0 Å². The second kappa shape index (κ2) is 6.92. The Morgan fingerprint density at radius 1 is 0.935 bits per heavy atom. The van der Waals surface area contributed by atoms with Crippen molar-refractivity contribution in [2.24, 2.45) is 28.6 Å². The van der Waals surface area contributed by atoms with Crippen LogP contribution in [0.5, 0.6) is 0 Å². The smallest absolute Gasteiger partial charge is 0.155 e. The van der Waals surface area contributed by atoms with E-state index in [1.165, 1.54) is 43.4 Å². The fraction of sp³-hybridized carbons (Fsp3) is 0.571. The molecule has 0 N–H and O–H groups in total. The van der Waals surface area contributed by atoms with Crippen molar-refractivity contribution >= 4 is 5.78 Å². The first-order chi connectivity index (χ1) is 15.0. The van der Waals surface area contributed by atoms with Crippen LogP contribution >= 0.6 is 0 Å². The minimum Gasteiger partial charge on any atom is -0.295 e. The molecule has 6 atom stereocenters. The molecule has 4 aliphatic carbocycles. The summed E-state index contributed by atoms with van der Waals surface area (Å²) in [6.45, 7) is 5.06. The summed E-state index contributed by atoms with van der Waals surface area (Å²) >= 11 is 0. The molecule has 0 saturated heterocycles. The SMILES string of the molecule is C[C@]12CC[C@H]3[C@@H](CCC4=CC(=O)CC[C@@]43C)[C@@H]1CC[C@@H]2c1ccn(-c2ccccc2)n1. The number of carbonyl (C=O) groups excluding carboxylic acids is 1. The summed E-state index contributed by atoms with van der Waals surface area (Å²) in [6, 6.07) is 12.7. The molecule has 0 radical (unpaired) electrons. The van der Waals surface area contributed by atoms with Gasteiger partial charge in [0.15, 0.2) is 5.78 Å². The number of hydrogen-bond acceptors (Lipinski definition) is 2. The Balaban J connectivity index is 1.29.